The molecule has 1 atom stereocenters. The summed E-state index contributed by atoms with van der Waals surface area (Å²) in [6.07, 6.45) is 1.55. The molecule has 0 aliphatic carbocycles. The number of rotatable bonds is 11. The van der Waals surface area contributed by atoms with Gasteiger partial charge >= 0.3 is 0 Å². The molecule has 35 heavy (non-hydrogen) atoms. The van der Waals surface area contributed by atoms with Crippen molar-refractivity contribution < 1.29 is 18.0 Å². The maximum absolute atomic E-state index is 13.3. The molecule has 7 nitrogen and oxygen atoms in total. The summed E-state index contributed by atoms with van der Waals surface area (Å²) in [5, 5.41) is 3.37. The second-order valence-electron chi connectivity index (χ2n) is 9.11. The third-order valence-electron chi connectivity index (χ3n) is 5.89. The van der Waals surface area contributed by atoms with Gasteiger partial charge in [-0.05, 0) is 69.9 Å². The highest BCUT2D eigenvalue weighted by Gasteiger charge is 2.27. The summed E-state index contributed by atoms with van der Waals surface area (Å²) in [7, 11) is -3.55. The summed E-state index contributed by atoms with van der Waals surface area (Å²) in [5.74, 6) is -0.501. The lowest BCUT2D eigenvalue weighted by Crippen LogP contribution is -2.49. The van der Waals surface area contributed by atoms with Crippen molar-refractivity contribution >= 4 is 39.1 Å². The minimum absolute atomic E-state index is 0.0666. The van der Waals surface area contributed by atoms with Gasteiger partial charge < -0.3 is 10.2 Å². The first-order chi connectivity index (χ1) is 16.3. The number of hydrogen-bond acceptors (Lipinski definition) is 4. The molecule has 1 N–H and O–H groups in total. The molecular weight excluding hydrogens is 486 g/mol. The number of nitrogens with one attached hydrogen (secondary N) is 1. The van der Waals surface area contributed by atoms with Crippen molar-refractivity contribution in [3.63, 3.8) is 0 Å². The highest BCUT2D eigenvalue weighted by Crippen LogP contribution is 2.26. The van der Waals surface area contributed by atoms with Gasteiger partial charge in [0.15, 0.2) is 0 Å². The van der Waals surface area contributed by atoms with Gasteiger partial charge in [-0.2, -0.15) is 0 Å². The average molecular weight is 522 g/mol. The van der Waals surface area contributed by atoms with Crippen molar-refractivity contribution in [2.45, 2.75) is 66.1 Å². The summed E-state index contributed by atoms with van der Waals surface area (Å²) >= 11 is 6.32. The molecule has 0 bridgehead atoms. The highest BCUT2D eigenvalue weighted by molar-refractivity contribution is 7.92. The second-order valence-corrected chi connectivity index (χ2v) is 11.4. The van der Waals surface area contributed by atoms with Crippen LogP contribution in [0, 0.1) is 13.8 Å². The number of carbonyl (C=O) groups excluding carboxylic acids is 2. The standard InChI is InChI=1S/C26H36ClN3O4S/c1-18(2)28-26(32)21(5)29(17-22-12-7-8-13-23(22)27)25(31)15-10-16-30(35(6,33)34)24-14-9-11-19(3)20(24)4/h7-9,11-14,18,21H,10,15-17H2,1-6H3,(H,28,32)/t21-/m1/s1. The molecule has 0 fully saturated rings. The zero-order chi connectivity index (χ0) is 26.3. The Morgan fingerprint density at radius 3 is 2.29 bits per heavy atom. The zero-order valence-corrected chi connectivity index (χ0v) is 22.9. The molecule has 0 spiro atoms. The molecule has 2 aromatic carbocycles. The van der Waals surface area contributed by atoms with Crippen LogP contribution >= 0.6 is 11.6 Å². The molecule has 2 rings (SSSR count). The molecule has 2 aromatic rings. The second kappa shape index (κ2) is 12.4. The summed E-state index contributed by atoms with van der Waals surface area (Å²) in [4.78, 5) is 27.5. The van der Waals surface area contributed by atoms with Crippen LogP contribution in [-0.4, -0.2) is 50.0 Å². The Morgan fingerprint density at radius 2 is 1.69 bits per heavy atom. The molecular formula is C26H36ClN3O4S. The van der Waals surface area contributed by atoms with Crippen LogP contribution in [0.25, 0.3) is 0 Å². The van der Waals surface area contributed by atoms with Gasteiger partial charge in [-0.1, -0.05) is 41.9 Å². The van der Waals surface area contributed by atoms with Gasteiger partial charge in [-0.3, -0.25) is 13.9 Å². The fourth-order valence-corrected chi connectivity index (χ4v) is 5.00. The molecule has 9 heteroatoms. The lowest BCUT2D eigenvalue weighted by Gasteiger charge is -2.30. The summed E-state index contributed by atoms with van der Waals surface area (Å²) < 4.78 is 26.4. The molecule has 0 radical (unpaired) electrons. The van der Waals surface area contributed by atoms with Crippen LogP contribution in [0.15, 0.2) is 42.5 Å². The van der Waals surface area contributed by atoms with Gasteiger partial charge in [0.05, 0.1) is 11.9 Å². The van der Waals surface area contributed by atoms with Gasteiger partial charge in [0.2, 0.25) is 21.8 Å². The number of aryl methyl sites for hydroxylation is 1. The van der Waals surface area contributed by atoms with E-state index in [1.165, 1.54) is 15.5 Å². The Balaban J connectivity index is 2.22. The van der Waals surface area contributed by atoms with Crippen molar-refractivity contribution in [3.8, 4) is 0 Å². The van der Waals surface area contributed by atoms with Crippen LogP contribution in [-0.2, 0) is 26.2 Å². The Bertz CT molecular complexity index is 1150. The first-order valence-electron chi connectivity index (χ1n) is 11.7. The number of anilines is 1. The van der Waals surface area contributed by atoms with Crippen molar-refractivity contribution in [2.24, 2.45) is 0 Å². The maximum atomic E-state index is 13.3. The van der Waals surface area contributed by atoms with E-state index in [9.17, 15) is 18.0 Å². The molecule has 0 saturated heterocycles. The minimum atomic E-state index is -3.55. The Hall–Kier alpha value is -2.58. The molecule has 0 aliphatic heterocycles. The smallest absolute Gasteiger partial charge is 0.242 e. The predicted octanol–water partition coefficient (Wildman–Crippen LogP) is 4.44. The monoisotopic (exact) mass is 521 g/mol. The van der Waals surface area contributed by atoms with Gasteiger partial charge in [-0.25, -0.2) is 8.42 Å². The van der Waals surface area contributed by atoms with Crippen LogP contribution in [0.4, 0.5) is 5.69 Å². The number of carbonyl (C=O) groups is 2. The van der Waals surface area contributed by atoms with E-state index in [-0.39, 0.29) is 37.4 Å². The number of halogens is 1. The predicted molar refractivity (Wildman–Crippen MR) is 142 cm³/mol. The van der Waals surface area contributed by atoms with Gasteiger partial charge in [0, 0.05) is 30.6 Å². The summed E-state index contributed by atoms with van der Waals surface area (Å²) in [5.41, 5.74) is 3.21. The molecule has 0 aliphatic rings. The van der Waals surface area contributed by atoms with E-state index >= 15 is 0 Å². The van der Waals surface area contributed by atoms with Crippen LogP contribution in [0.1, 0.15) is 50.3 Å². The van der Waals surface area contributed by atoms with E-state index in [0.29, 0.717) is 17.1 Å². The Kier molecular flexibility index (Phi) is 10.2. The highest BCUT2D eigenvalue weighted by atomic mass is 35.5. The number of amides is 2. The topological polar surface area (TPSA) is 86.8 Å². The number of sulfonamides is 1. The van der Waals surface area contributed by atoms with Gasteiger partial charge in [0.1, 0.15) is 6.04 Å². The average Bonchev–Trinajstić information content (AvgIpc) is 2.76. The molecule has 0 saturated carbocycles. The maximum Gasteiger partial charge on any atom is 0.242 e. The van der Waals surface area contributed by atoms with Crippen LogP contribution in [0.5, 0.6) is 0 Å². The molecule has 0 aromatic heterocycles. The number of nitrogens with zero attached hydrogens (tertiary/aromatic N) is 2. The molecule has 2 amide bonds. The normalized spacial score (nSPS) is 12.3. The van der Waals surface area contributed by atoms with Gasteiger partial charge in [-0.15, -0.1) is 0 Å². The van der Waals surface area contributed by atoms with E-state index in [1.54, 1.807) is 25.1 Å². The van der Waals surface area contributed by atoms with E-state index in [0.717, 1.165) is 16.7 Å². The van der Waals surface area contributed by atoms with Crippen LogP contribution in [0.3, 0.4) is 0 Å². The van der Waals surface area contributed by atoms with Crippen molar-refractivity contribution in [2.75, 3.05) is 17.1 Å². The number of hydrogen-bond donors (Lipinski definition) is 1. The summed E-state index contributed by atoms with van der Waals surface area (Å²) in [6.45, 7) is 9.55. The molecule has 0 unspecified atom stereocenters. The SMILES string of the molecule is Cc1cccc(N(CCCC(=O)N(Cc2ccccc2Cl)[C@H](C)C(=O)NC(C)C)S(C)(=O)=O)c1C. The Labute approximate surface area is 214 Å². The first-order valence-corrected chi connectivity index (χ1v) is 13.9. The molecule has 192 valence electrons. The van der Waals surface area contributed by atoms with Crippen LogP contribution in [0.2, 0.25) is 5.02 Å². The fraction of sp³-hybridized carbons (Fsp3) is 0.462. The largest absolute Gasteiger partial charge is 0.352 e. The van der Waals surface area contributed by atoms with E-state index in [1.807, 2.05) is 52.0 Å². The number of benzene rings is 2. The third kappa shape index (κ3) is 7.97. The van der Waals surface area contributed by atoms with E-state index in [4.69, 9.17) is 11.6 Å². The van der Waals surface area contributed by atoms with Crippen LogP contribution < -0.4 is 9.62 Å². The lowest BCUT2D eigenvalue weighted by molar-refractivity contribution is -0.140. The first kappa shape index (κ1) is 28.7. The van der Waals surface area contributed by atoms with E-state index < -0.39 is 16.1 Å². The van der Waals surface area contributed by atoms with Crippen molar-refractivity contribution in [1.82, 2.24) is 10.2 Å². The van der Waals surface area contributed by atoms with E-state index in [2.05, 4.69) is 5.32 Å². The van der Waals surface area contributed by atoms with Crippen molar-refractivity contribution in [1.29, 1.82) is 0 Å². The summed E-state index contributed by atoms with van der Waals surface area (Å²) in [6, 6.07) is 11.9. The fourth-order valence-electron chi connectivity index (χ4n) is 3.79. The lowest BCUT2D eigenvalue weighted by atomic mass is 10.1. The quantitative estimate of drug-likeness (QED) is 0.473. The zero-order valence-electron chi connectivity index (χ0n) is 21.3. The van der Waals surface area contributed by atoms with Gasteiger partial charge in [0.25, 0.3) is 0 Å². The minimum Gasteiger partial charge on any atom is -0.352 e. The Morgan fingerprint density at radius 1 is 1.03 bits per heavy atom. The molecule has 0 heterocycles. The third-order valence-corrected chi connectivity index (χ3v) is 7.44. The van der Waals surface area contributed by atoms with Crippen molar-refractivity contribution in [3.05, 3.63) is 64.2 Å².